The van der Waals surface area contributed by atoms with Gasteiger partial charge in [-0.1, -0.05) is 0 Å². The van der Waals surface area contributed by atoms with Crippen LogP contribution < -0.4 is 0 Å². The second kappa shape index (κ2) is 5.73. The van der Waals surface area contributed by atoms with Gasteiger partial charge in [-0.25, -0.2) is 0 Å². The van der Waals surface area contributed by atoms with Crippen molar-refractivity contribution in [3.63, 3.8) is 0 Å². The molecule has 0 aromatic carbocycles. The van der Waals surface area contributed by atoms with E-state index in [4.69, 9.17) is 9.15 Å². The highest BCUT2D eigenvalue weighted by Crippen LogP contribution is 2.29. The molecule has 0 spiro atoms. The SMILES string of the molecule is CCOC[C@@H]1CN(C(=O)c2ccoc2)Cc2cnn(C)c21. The van der Waals surface area contributed by atoms with Crippen LogP contribution in [0.15, 0.2) is 29.2 Å². The quantitative estimate of drug-likeness (QED) is 0.861. The molecule has 0 unspecified atom stereocenters. The maximum absolute atomic E-state index is 12.5. The summed E-state index contributed by atoms with van der Waals surface area (Å²) in [7, 11) is 1.94. The van der Waals surface area contributed by atoms with Gasteiger partial charge in [-0.2, -0.15) is 5.10 Å². The number of nitrogens with zero attached hydrogens (tertiary/aromatic N) is 3. The van der Waals surface area contributed by atoms with Gasteiger partial charge in [-0.15, -0.1) is 0 Å². The van der Waals surface area contributed by atoms with Crippen LogP contribution in [-0.4, -0.2) is 40.3 Å². The van der Waals surface area contributed by atoms with Gasteiger partial charge in [0.1, 0.15) is 6.26 Å². The first-order valence-corrected chi connectivity index (χ1v) is 7.10. The maximum Gasteiger partial charge on any atom is 0.257 e. The Morgan fingerprint density at radius 1 is 1.57 bits per heavy atom. The number of hydrogen-bond donors (Lipinski definition) is 0. The summed E-state index contributed by atoms with van der Waals surface area (Å²) in [5.41, 5.74) is 2.84. The van der Waals surface area contributed by atoms with Crippen LogP contribution in [-0.2, 0) is 18.3 Å². The summed E-state index contributed by atoms with van der Waals surface area (Å²) in [6, 6.07) is 1.69. The van der Waals surface area contributed by atoms with Gasteiger partial charge in [0, 0.05) is 38.2 Å². The van der Waals surface area contributed by atoms with Crippen LogP contribution in [0.3, 0.4) is 0 Å². The van der Waals surface area contributed by atoms with Crippen molar-refractivity contribution < 1.29 is 13.9 Å². The predicted molar refractivity (Wildman–Crippen MR) is 75.9 cm³/mol. The first kappa shape index (κ1) is 13.9. The van der Waals surface area contributed by atoms with Crippen LogP contribution >= 0.6 is 0 Å². The van der Waals surface area contributed by atoms with Crippen LogP contribution in [0.1, 0.15) is 34.5 Å². The van der Waals surface area contributed by atoms with Gasteiger partial charge < -0.3 is 14.1 Å². The van der Waals surface area contributed by atoms with E-state index in [1.165, 1.54) is 18.2 Å². The minimum Gasteiger partial charge on any atom is -0.472 e. The Labute approximate surface area is 123 Å². The van der Waals surface area contributed by atoms with Gasteiger partial charge in [0.15, 0.2) is 0 Å². The molecule has 0 saturated carbocycles. The molecular weight excluding hydrogens is 270 g/mol. The molecule has 21 heavy (non-hydrogen) atoms. The van der Waals surface area contributed by atoms with E-state index < -0.39 is 0 Å². The number of furan rings is 1. The molecule has 0 fully saturated rings. The smallest absolute Gasteiger partial charge is 0.257 e. The van der Waals surface area contributed by atoms with Crippen molar-refractivity contribution in [3.8, 4) is 0 Å². The van der Waals surface area contributed by atoms with E-state index in [-0.39, 0.29) is 11.8 Å². The van der Waals surface area contributed by atoms with Crippen molar-refractivity contribution in [3.05, 3.63) is 41.6 Å². The van der Waals surface area contributed by atoms with E-state index in [1.807, 2.05) is 29.7 Å². The Bertz CT molecular complexity index is 618. The average Bonchev–Trinajstić information content (AvgIpc) is 3.14. The van der Waals surface area contributed by atoms with Crippen molar-refractivity contribution >= 4 is 5.91 Å². The van der Waals surface area contributed by atoms with Gasteiger partial charge in [-0.3, -0.25) is 9.48 Å². The summed E-state index contributed by atoms with van der Waals surface area (Å²) in [6.45, 7) is 4.45. The highest BCUT2D eigenvalue weighted by molar-refractivity contribution is 5.94. The minimum atomic E-state index is -0.0141. The Kier molecular flexibility index (Phi) is 3.79. The number of aryl methyl sites for hydroxylation is 1. The standard InChI is InChI=1S/C15H19N3O3/c1-3-20-10-13-8-18(15(19)11-4-5-21-9-11)7-12-6-16-17(2)14(12)13/h4-6,9,13H,3,7-8,10H2,1-2H3/t13-/m0/s1. The minimum absolute atomic E-state index is 0.0141. The maximum atomic E-state index is 12.5. The lowest BCUT2D eigenvalue weighted by Crippen LogP contribution is -2.39. The van der Waals surface area contributed by atoms with Crippen LogP contribution in [0.2, 0.25) is 0 Å². The molecule has 112 valence electrons. The van der Waals surface area contributed by atoms with Crippen LogP contribution in [0.25, 0.3) is 0 Å². The third-order valence-corrected chi connectivity index (χ3v) is 3.83. The molecule has 3 rings (SSSR count). The lowest BCUT2D eigenvalue weighted by Gasteiger charge is -2.32. The van der Waals surface area contributed by atoms with E-state index in [9.17, 15) is 4.79 Å². The second-order valence-corrected chi connectivity index (χ2v) is 5.23. The Morgan fingerprint density at radius 2 is 2.43 bits per heavy atom. The Balaban J connectivity index is 1.85. The lowest BCUT2D eigenvalue weighted by atomic mass is 9.96. The van der Waals surface area contributed by atoms with E-state index in [0.29, 0.717) is 31.9 Å². The number of aromatic nitrogens is 2. The van der Waals surface area contributed by atoms with Crippen LogP contribution in [0.5, 0.6) is 0 Å². The van der Waals surface area contributed by atoms with Crippen molar-refractivity contribution in [2.24, 2.45) is 7.05 Å². The van der Waals surface area contributed by atoms with Gasteiger partial charge in [0.05, 0.1) is 30.3 Å². The monoisotopic (exact) mass is 289 g/mol. The van der Waals surface area contributed by atoms with Crippen LogP contribution in [0, 0.1) is 0 Å². The zero-order valence-corrected chi connectivity index (χ0v) is 12.3. The normalized spacial score (nSPS) is 17.8. The molecule has 0 bridgehead atoms. The number of fused-ring (bicyclic) bond motifs is 1. The third-order valence-electron chi connectivity index (χ3n) is 3.83. The molecule has 6 nitrogen and oxygen atoms in total. The molecule has 1 aliphatic heterocycles. The van der Waals surface area contributed by atoms with Gasteiger partial charge in [0.25, 0.3) is 5.91 Å². The van der Waals surface area contributed by atoms with Gasteiger partial charge >= 0.3 is 0 Å². The van der Waals surface area contributed by atoms with E-state index >= 15 is 0 Å². The van der Waals surface area contributed by atoms with Crippen molar-refractivity contribution in [2.45, 2.75) is 19.4 Å². The zero-order chi connectivity index (χ0) is 14.8. The highest BCUT2D eigenvalue weighted by atomic mass is 16.5. The molecule has 0 saturated heterocycles. The number of ether oxygens (including phenoxy) is 1. The van der Waals surface area contributed by atoms with E-state index in [0.717, 1.165) is 5.56 Å². The average molecular weight is 289 g/mol. The molecule has 0 aliphatic carbocycles. The molecule has 0 radical (unpaired) electrons. The first-order valence-electron chi connectivity index (χ1n) is 7.10. The second-order valence-electron chi connectivity index (χ2n) is 5.23. The summed E-state index contributed by atoms with van der Waals surface area (Å²) in [5.74, 6) is 0.136. The number of amides is 1. The summed E-state index contributed by atoms with van der Waals surface area (Å²) < 4.78 is 12.5. The van der Waals surface area contributed by atoms with Gasteiger partial charge in [0.2, 0.25) is 0 Å². The summed E-state index contributed by atoms with van der Waals surface area (Å²) in [5, 5.41) is 4.32. The molecular formula is C15H19N3O3. The van der Waals surface area contributed by atoms with E-state index in [1.54, 1.807) is 6.07 Å². The number of hydrogen-bond acceptors (Lipinski definition) is 4. The topological polar surface area (TPSA) is 60.5 Å². The molecule has 3 heterocycles. The number of carbonyl (C=O) groups is 1. The summed E-state index contributed by atoms with van der Waals surface area (Å²) >= 11 is 0. The summed E-state index contributed by atoms with van der Waals surface area (Å²) in [4.78, 5) is 14.3. The van der Waals surface area contributed by atoms with Crippen LogP contribution in [0.4, 0.5) is 0 Å². The molecule has 0 N–H and O–H groups in total. The zero-order valence-electron chi connectivity index (χ0n) is 12.3. The Morgan fingerprint density at radius 3 is 3.14 bits per heavy atom. The molecule has 2 aromatic heterocycles. The number of rotatable bonds is 4. The molecule has 2 aromatic rings. The lowest BCUT2D eigenvalue weighted by molar-refractivity contribution is 0.0647. The molecule has 1 aliphatic rings. The van der Waals surface area contributed by atoms with Gasteiger partial charge in [-0.05, 0) is 13.0 Å². The van der Waals surface area contributed by atoms with Crippen molar-refractivity contribution in [1.29, 1.82) is 0 Å². The van der Waals surface area contributed by atoms with Crippen molar-refractivity contribution in [1.82, 2.24) is 14.7 Å². The fraction of sp³-hybridized carbons (Fsp3) is 0.467. The summed E-state index contributed by atoms with van der Waals surface area (Å²) in [6.07, 6.45) is 4.84. The molecule has 1 amide bonds. The largest absolute Gasteiger partial charge is 0.472 e. The fourth-order valence-corrected chi connectivity index (χ4v) is 2.88. The fourth-order valence-electron chi connectivity index (χ4n) is 2.88. The molecule has 1 atom stereocenters. The third kappa shape index (κ3) is 2.58. The predicted octanol–water partition coefficient (Wildman–Crippen LogP) is 1.79. The van der Waals surface area contributed by atoms with E-state index in [2.05, 4.69) is 5.10 Å². The first-order chi connectivity index (χ1) is 10.2. The molecule has 6 heteroatoms. The Hall–Kier alpha value is -2.08. The highest BCUT2D eigenvalue weighted by Gasteiger charge is 2.31. The van der Waals surface area contributed by atoms with Crippen molar-refractivity contribution in [2.75, 3.05) is 19.8 Å². The number of carbonyl (C=O) groups excluding carboxylic acids is 1.